The summed E-state index contributed by atoms with van der Waals surface area (Å²) in [5.41, 5.74) is -1.23. The minimum absolute atomic E-state index is 0.474. The molecule has 2 rings (SSSR count). The Morgan fingerprint density at radius 2 is 1.67 bits per heavy atom. The molecule has 1 aliphatic heterocycles. The number of para-hydroxylation sites is 1. The topological polar surface area (TPSA) is 79.3 Å². The largest absolute Gasteiger partial charge is 0.354 e. The van der Waals surface area contributed by atoms with Gasteiger partial charge in [-0.15, -0.1) is 0 Å². The van der Waals surface area contributed by atoms with Crippen LogP contribution in [-0.2, 0) is 14.3 Å². The van der Waals surface area contributed by atoms with Gasteiger partial charge in [0.15, 0.2) is 0 Å². The van der Waals surface area contributed by atoms with Crippen molar-refractivity contribution in [1.82, 2.24) is 4.90 Å². The number of urea groups is 1. The van der Waals surface area contributed by atoms with Crippen molar-refractivity contribution in [3.8, 4) is 0 Å². The Hall–Kier alpha value is -1.96. The molecule has 1 fully saturated rings. The van der Waals surface area contributed by atoms with E-state index in [1.165, 1.54) is 33.1 Å². The number of nitrogens with zero attached hydrogens (tertiary/aromatic N) is 2. The van der Waals surface area contributed by atoms with Gasteiger partial charge in [-0.2, -0.15) is 0 Å². The molecule has 0 bridgehead atoms. The highest BCUT2D eigenvalue weighted by molar-refractivity contribution is 6.09. The number of rotatable bonds is 3. The predicted molar refractivity (Wildman–Crippen MR) is 74.5 cm³/mol. The number of carbonyl (C=O) groups is 2. The van der Waals surface area contributed by atoms with Gasteiger partial charge in [0.05, 0.1) is 0 Å². The number of carbonyl (C=O) groups excluding carboxylic acids is 2. The number of amides is 3. The van der Waals surface area contributed by atoms with Crippen molar-refractivity contribution in [1.29, 1.82) is 0 Å². The van der Waals surface area contributed by atoms with Crippen molar-refractivity contribution in [3.05, 3.63) is 30.3 Å². The summed E-state index contributed by atoms with van der Waals surface area (Å²) in [5, 5.41) is 10.7. The summed E-state index contributed by atoms with van der Waals surface area (Å²) in [4.78, 5) is 26.8. The van der Waals surface area contributed by atoms with Crippen LogP contribution in [0.3, 0.4) is 0 Å². The molecular formula is C14H18N2O5. The van der Waals surface area contributed by atoms with E-state index in [0.717, 1.165) is 4.90 Å². The summed E-state index contributed by atoms with van der Waals surface area (Å²) in [7, 11) is 3.76. The monoisotopic (exact) mass is 294 g/mol. The second-order valence-electron chi connectivity index (χ2n) is 4.85. The molecule has 2 unspecified atom stereocenters. The molecule has 2 atom stereocenters. The van der Waals surface area contributed by atoms with Crippen molar-refractivity contribution in [2.24, 2.45) is 0 Å². The molecule has 7 heteroatoms. The van der Waals surface area contributed by atoms with Crippen LogP contribution >= 0.6 is 0 Å². The number of ether oxygens (including phenoxy) is 2. The Morgan fingerprint density at radius 3 is 2.14 bits per heavy atom. The third-order valence-electron chi connectivity index (χ3n) is 3.84. The van der Waals surface area contributed by atoms with Crippen molar-refractivity contribution in [2.75, 3.05) is 26.2 Å². The number of hydrogen-bond donors (Lipinski definition) is 1. The first-order valence-electron chi connectivity index (χ1n) is 6.33. The van der Waals surface area contributed by atoms with E-state index in [2.05, 4.69) is 0 Å². The lowest BCUT2D eigenvalue weighted by Gasteiger charge is -2.52. The smallest absolute Gasteiger partial charge is 0.333 e. The average Bonchev–Trinajstić information content (AvgIpc) is 2.52. The van der Waals surface area contributed by atoms with E-state index in [9.17, 15) is 14.7 Å². The molecule has 0 radical (unpaired) electrons. The van der Waals surface area contributed by atoms with E-state index in [4.69, 9.17) is 9.47 Å². The van der Waals surface area contributed by atoms with Gasteiger partial charge in [-0.3, -0.25) is 14.6 Å². The Kier molecular flexibility index (Phi) is 3.75. The molecule has 7 nitrogen and oxygen atoms in total. The summed E-state index contributed by atoms with van der Waals surface area (Å²) in [6.45, 7) is 1.42. The summed E-state index contributed by atoms with van der Waals surface area (Å²) in [6.07, 6.45) is 0. The lowest BCUT2D eigenvalue weighted by atomic mass is 9.96. The maximum Gasteiger partial charge on any atom is 0.333 e. The van der Waals surface area contributed by atoms with Crippen molar-refractivity contribution < 1.29 is 24.2 Å². The molecule has 0 aromatic heterocycles. The fourth-order valence-corrected chi connectivity index (χ4v) is 2.44. The molecule has 3 amide bonds. The Balaban J connectivity index is 2.66. The molecule has 1 aromatic carbocycles. The summed E-state index contributed by atoms with van der Waals surface area (Å²) < 4.78 is 10.3. The number of likely N-dealkylation sites (N-methyl/N-ethyl adjacent to an activating group) is 1. The molecule has 1 heterocycles. The Bertz CT molecular complexity index is 564. The quantitative estimate of drug-likeness (QED) is 0.834. The van der Waals surface area contributed by atoms with Gasteiger partial charge in [0.1, 0.15) is 0 Å². The molecule has 0 aliphatic carbocycles. The second-order valence-corrected chi connectivity index (χ2v) is 4.85. The number of methoxy groups -OCH3 is 2. The number of anilines is 1. The minimum atomic E-state index is -2.32. The van der Waals surface area contributed by atoms with Crippen LogP contribution < -0.4 is 4.90 Å². The van der Waals surface area contributed by atoms with Gasteiger partial charge >= 0.3 is 6.03 Å². The van der Waals surface area contributed by atoms with Crippen molar-refractivity contribution in [3.63, 3.8) is 0 Å². The summed E-state index contributed by atoms with van der Waals surface area (Å²) >= 11 is 0. The van der Waals surface area contributed by atoms with Crippen LogP contribution in [0.1, 0.15) is 6.92 Å². The number of hydrogen-bond acceptors (Lipinski definition) is 5. The zero-order chi connectivity index (χ0) is 15.8. The zero-order valence-corrected chi connectivity index (χ0v) is 12.4. The highest BCUT2D eigenvalue weighted by atomic mass is 16.7. The van der Waals surface area contributed by atoms with Crippen LogP contribution in [0.2, 0.25) is 0 Å². The first kappa shape index (κ1) is 15.4. The maximum absolute atomic E-state index is 12.5. The van der Waals surface area contributed by atoms with Gasteiger partial charge in [0.2, 0.25) is 5.72 Å². The zero-order valence-electron chi connectivity index (χ0n) is 12.4. The SMILES string of the molecule is COC1(O)C(=O)N(C)C(=O)N(c2ccccc2)C1(C)OC. The van der Waals surface area contributed by atoms with Gasteiger partial charge < -0.3 is 14.6 Å². The molecule has 1 saturated heterocycles. The fourth-order valence-electron chi connectivity index (χ4n) is 2.44. The van der Waals surface area contributed by atoms with Crippen molar-refractivity contribution >= 4 is 17.6 Å². The van der Waals surface area contributed by atoms with Crippen LogP contribution in [0.4, 0.5) is 10.5 Å². The van der Waals surface area contributed by atoms with Gasteiger partial charge in [-0.25, -0.2) is 4.79 Å². The van der Waals surface area contributed by atoms with Crippen LogP contribution in [0, 0.1) is 0 Å². The van der Waals surface area contributed by atoms with Crippen LogP contribution in [-0.4, -0.2) is 54.7 Å². The van der Waals surface area contributed by atoms with Gasteiger partial charge in [-0.05, 0) is 19.1 Å². The predicted octanol–water partition coefficient (Wildman–Crippen LogP) is 0.783. The molecular weight excluding hydrogens is 276 g/mol. The van der Waals surface area contributed by atoms with Crippen molar-refractivity contribution in [2.45, 2.75) is 18.4 Å². The van der Waals surface area contributed by atoms with E-state index >= 15 is 0 Å². The van der Waals surface area contributed by atoms with Gasteiger partial charge in [0.25, 0.3) is 11.7 Å². The fraction of sp³-hybridized carbons (Fsp3) is 0.429. The molecule has 114 valence electrons. The minimum Gasteiger partial charge on any atom is -0.354 e. The van der Waals surface area contributed by atoms with Crippen LogP contribution in [0.15, 0.2) is 30.3 Å². The Labute approximate surface area is 122 Å². The highest BCUT2D eigenvalue weighted by Crippen LogP contribution is 2.39. The highest BCUT2D eigenvalue weighted by Gasteiger charge is 2.65. The standard InChI is InChI=1S/C14H18N2O5/c1-13(20-3)14(19,21-4)11(17)15(2)12(18)16(13)10-8-6-5-7-9-10/h5-9,19H,1-4H3. The molecule has 21 heavy (non-hydrogen) atoms. The summed E-state index contributed by atoms with van der Waals surface area (Å²) in [5.74, 6) is -3.20. The molecule has 1 aliphatic rings. The van der Waals surface area contributed by atoms with Crippen LogP contribution in [0.25, 0.3) is 0 Å². The molecule has 0 spiro atoms. The maximum atomic E-state index is 12.5. The second kappa shape index (κ2) is 5.10. The number of imide groups is 1. The van der Waals surface area contributed by atoms with E-state index < -0.39 is 23.5 Å². The molecule has 1 aromatic rings. The van der Waals surface area contributed by atoms with Gasteiger partial charge in [0, 0.05) is 27.0 Å². The van der Waals surface area contributed by atoms with E-state index in [0.29, 0.717) is 5.69 Å². The van der Waals surface area contributed by atoms with Crippen LogP contribution in [0.5, 0.6) is 0 Å². The summed E-state index contributed by atoms with van der Waals surface area (Å²) in [6, 6.07) is 8.00. The molecule has 0 saturated carbocycles. The third kappa shape index (κ3) is 1.93. The Morgan fingerprint density at radius 1 is 1.10 bits per heavy atom. The lowest BCUT2D eigenvalue weighted by molar-refractivity contribution is -0.281. The van der Waals surface area contributed by atoms with Gasteiger partial charge in [-0.1, -0.05) is 18.2 Å². The first-order chi connectivity index (χ1) is 9.83. The molecule has 1 N–H and O–H groups in total. The van der Waals surface area contributed by atoms with E-state index in [1.54, 1.807) is 30.3 Å². The average molecular weight is 294 g/mol. The lowest BCUT2D eigenvalue weighted by Crippen LogP contribution is -2.78. The number of benzene rings is 1. The number of aliphatic hydroxyl groups is 1. The van der Waals surface area contributed by atoms with E-state index in [1.807, 2.05) is 0 Å². The normalized spacial score (nSPS) is 30.0. The first-order valence-corrected chi connectivity index (χ1v) is 6.33. The van der Waals surface area contributed by atoms with E-state index in [-0.39, 0.29) is 0 Å². The third-order valence-corrected chi connectivity index (χ3v) is 3.84.